The Morgan fingerprint density at radius 3 is 2.44 bits per heavy atom. The van der Waals surface area contributed by atoms with Crippen molar-refractivity contribution in [2.24, 2.45) is 16.5 Å². The van der Waals surface area contributed by atoms with E-state index in [9.17, 15) is 9.59 Å². The van der Waals surface area contributed by atoms with Gasteiger partial charge < -0.3 is 27.0 Å². The highest BCUT2D eigenvalue weighted by Gasteiger charge is 2.19. The summed E-state index contributed by atoms with van der Waals surface area (Å²) in [7, 11) is 0. The highest BCUT2D eigenvalue weighted by molar-refractivity contribution is 5.83. The van der Waals surface area contributed by atoms with E-state index in [-0.39, 0.29) is 23.9 Å². The third-order valence-corrected chi connectivity index (χ3v) is 1.89. The van der Waals surface area contributed by atoms with Crippen molar-refractivity contribution in [3.63, 3.8) is 0 Å². The monoisotopic (exact) mass is 262 g/mol. The Hall–Kier alpha value is -1.83. The summed E-state index contributed by atoms with van der Waals surface area (Å²) in [6.45, 7) is 3.75. The maximum Gasteiger partial charge on any atom is 0.328 e. The quantitative estimate of drug-likeness (QED) is 0.216. The van der Waals surface area contributed by atoms with Crippen molar-refractivity contribution < 1.29 is 19.8 Å². The minimum absolute atomic E-state index is 0. The molecule has 1 amide bonds. The molecule has 106 valence electrons. The van der Waals surface area contributed by atoms with Crippen LogP contribution in [0.2, 0.25) is 0 Å². The Labute approximate surface area is 106 Å². The van der Waals surface area contributed by atoms with Crippen molar-refractivity contribution in [3.05, 3.63) is 0 Å². The molecule has 0 spiro atoms. The fourth-order valence-corrected chi connectivity index (χ4v) is 1.24. The molecule has 0 heterocycles. The number of aliphatic imine (C=N–C) groups is 1. The van der Waals surface area contributed by atoms with Gasteiger partial charge in [-0.2, -0.15) is 0 Å². The molecule has 0 saturated carbocycles. The van der Waals surface area contributed by atoms with Gasteiger partial charge in [-0.3, -0.25) is 9.79 Å². The van der Waals surface area contributed by atoms with Gasteiger partial charge >= 0.3 is 5.97 Å². The van der Waals surface area contributed by atoms with Crippen LogP contribution in [0.1, 0.15) is 26.7 Å². The molecular weight excluding hydrogens is 240 g/mol. The van der Waals surface area contributed by atoms with Gasteiger partial charge in [0.2, 0.25) is 5.91 Å². The lowest BCUT2D eigenvalue weighted by atomic mass is 10.1. The zero-order valence-electron chi connectivity index (χ0n) is 10.7. The van der Waals surface area contributed by atoms with Gasteiger partial charge in [-0.1, -0.05) is 0 Å². The van der Waals surface area contributed by atoms with Gasteiger partial charge in [0.1, 0.15) is 6.04 Å². The Kier molecular flexibility index (Phi) is 10.6. The molecule has 0 aliphatic carbocycles. The number of ether oxygens (including phenoxy) is 1. The number of carbonyl (C=O) groups excluding carboxylic acids is 2. The molecule has 0 aromatic heterocycles. The minimum Gasteiger partial charge on any atom is -0.464 e. The maximum atomic E-state index is 11.5. The lowest BCUT2D eigenvalue weighted by Crippen LogP contribution is -2.40. The summed E-state index contributed by atoms with van der Waals surface area (Å²) >= 11 is 0. The van der Waals surface area contributed by atoms with Gasteiger partial charge in [0, 0.05) is 13.5 Å². The van der Waals surface area contributed by atoms with E-state index < -0.39 is 12.0 Å². The first-order valence-electron chi connectivity index (χ1n) is 5.46. The molecule has 0 bridgehead atoms. The van der Waals surface area contributed by atoms with Crippen LogP contribution in [0.4, 0.5) is 0 Å². The Morgan fingerprint density at radius 1 is 1.39 bits per heavy atom. The number of amides is 1. The van der Waals surface area contributed by atoms with Crippen molar-refractivity contribution in [2.45, 2.75) is 32.7 Å². The topological polar surface area (TPSA) is 151 Å². The molecule has 0 aliphatic rings. The van der Waals surface area contributed by atoms with Crippen LogP contribution in [0.5, 0.6) is 0 Å². The van der Waals surface area contributed by atoms with Crippen LogP contribution in [-0.2, 0) is 14.3 Å². The molecule has 0 fully saturated rings. The average Bonchev–Trinajstić information content (AvgIpc) is 2.22. The Morgan fingerprint density at radius 2 is 2.00 bits per heavy atom. The van der Waals surface area contributed by atoms with E-state index in [0.717, 1.165) is 0 Å². The number of nitrogens with zero attached hydrogens (tertiary/aromatic N) is 1. The van der Waals surface area contributed by atoms with E-state index in [1.54, 1.807) is 6.92 Å². The lowest BCUT2D eigenvalue weighted by molar-refractivity contribution is -0.147. The van der Waals surface area contributed by atoms with Crippen molar-refractivity contribution in [1.29, 1.82) is 0 Å². The van der Waals surface area contributed by atoms with Gasteiger partial charge in [0.15, 0.2) is 5.96 Å². The minimum atomic E-state index is -0.637. The highest BCUT2D eigenvalue weighted by Crippen LogP contribution is 2.01. The second-order valence-corrected chi connectivity index (χ2v) is 3.45. The summed E-state index contributed by atoms with van der Waals surface area (Å²) in [5, 5.41) is 2.53. The second-order valence-electron chi connectivity index (χ2n) is 3.45. The summed E-state index contributed by atoms with van der Waals surface area (Å²) in [4.78, 5) is 26.2. The van der Waals surface area contributed by atoms with E-state index in [2.05, 4.69) is 10.3 Å². The second kappa shape index (κ2) is 10.3. The predicted octanol–water partition coefficient (Wildman–Crippen LogP) is -1.72. The van der Waals surface area contributed by atoms with Crippen LogP contribution in [0, 0.1) is 0 Å². The van der Waals surface area contributed by atoms with Gasteiger partial charge in [-0.05, 0) is 19.8 Å². The largest absolute Gasteiger partial charge is 0.464 e. The zero-order valence-corrected chi connectivity index (χ0v) is 10.7. The SMILES string of the molecule is CCOC(=O)[C@H](CCCN=C(N)N)NC(C)=O.O. The predicted molar refractivity (Wildman–Crippen MR) is 67.8 cm³/mol. The van der Waals surface area contributed by atoms with Crippen LogP contribution in [0.25, 0.3) is 0 Å². The molecule has 8 heteroatoms. The van der Waals surface area contributed by atoms with Gasteiger partial charge in [0.05, 0.1) is 6.61 Å². The van der Waals surface area contributed by atoms with Gasteiger partial charge in [-0.15, -0.1) is 0 Å². The summed E-state index contributed by atoms with van der Waals surface area (Å²) in [5.74, 6) is -0.700. The van der Waals surface area contributed by atoms with E-state index in [1.165, 1.54) is 6.92 Å². The lowest BCUT2D eigenvalue weighted by Gasteiger charge is -2.15. The number of rotatable bonds is 7. The molecule has 0 radical (unpaired) electrons. The number of guanidine groups is 1. The fraction of sp³-hybridized carbons (Fsp3) is 0.700. The third-order valence-electron chi connectivity index (χ3n) is 1.89. The smallest absolute Gasteiger partial charge is 0.328 e. The number of esters is 1. The third kappa shape index (κ3) is 9.40. The van der Waals surface area contributed by atoms with Crippen molar-refractivity contribution in [3.8, 4) is 0 Å². The standard InChI is InChI=1S/C10H20N4O3.H2O/c1-3-17-9(16)8(14-7(2)15)5-4-6-13-10(11)12;/h8H,3-6H2,1-2H3,(H,14,15)(H4,11,12,13);1H2/t8-;/m0./s1. The molecule has 0 aromatic rings. The van der Waals surface area contributed by atoms with E-state index >= 15 is 0 Å². The summed E-state index contributed by atoms with van der Waals surface area (Å²) in [5.41, 5.74) is 10.3. The molecular formula is C10H22N4O4. The van der Waals surface area contributed by atoms with Crippen LogP contribution >= 0.6 is 0 Å². The molecule has 18 heavy (non-hydrogen) atoms. The number of hydrogen-bond donors (Lipinski definition) is 3. The first kappa shape index (κ1) is 18.5. The molecule has 1 atom stereocenters. The Bertz CT molecular complexity index is 290. The van der Waals surface area contributed by atoms with E-state index in [1.807, 2.05) is 0 Å². The molecule has 0 aromatic carbocycles. The molecule has 0 saturated heterocycles. The van der Waals surface area contributed by atoms with Gasteiger partial charge in [0.25, 0.3) is 0 Å². The molecule has 8 nitrogen and oxygen atoms in total. The number of carbonyl (C=O) groups is 2. The normalized spacial score (nSPS) is 10.8. The molecule has 0 rings (SSSR count). The molecule has 0 aliphatic heterocycles. The number of nitrogens with two attached hydrogens (primary N) is 2. The summed E-state index contributed by atoms with van der Waals surface area (Å²) in [6, 6.07) is -0.637. The highest BCUT2D eigenvalue weighted by atomic mass is 16.5. The van der Waals surface area contributed by atoms with E-state index in [4.69, 9.17) is 16.2 Å². The van der Waals surface area contributed by atoms with Crippen molar-refractivity contribution in [2.75, 3.05) is 13.2 Å². The van der Waals surface area contributed by atoms with Crippen LogP contribution in [-0.4, -0.2) is 42.5 Å². The number of hydrogen-bond acceptors (Lipinski definition) is 4. The van der Waals surface area contributed by atoms with Crippen LogP contribution in [0.15, 0.2) is 4.99 Å². The average molecular weight is 262 g/mol. The van der Waals surface area contributed by atoms with Crippen molar-refractivity contribution >= 4 is 17.8 Å². The summed E-state index contributed by atoms with van der Waals surface area (Å²) < 4.78 is 4.84. The maximum absolute atomic E-state index is 11.5. The fourth-order valence-electron chi connectivity index (χ4n) is 1.24. The summed E-state index contributed by atoms with van der Waals surface area (Å²) in [6.07, 6.45) is 1.02. The number of nitrogens with one attached hydrogen (secondary N) is 1. The van der Waals surface area contributed by atoms with Crippen molar-refractivity contribution in [1.82, 2.24) is 5.32 Å². The first-order valence-corrected chi connectivity index (χ1v) is 5.46. The Balaban J connectivity index is 0. The molecule has 7 N–H and O–H groups in total. The van der Waals surface area contributed by atoms with Crippen LogP contribution in [0.3, 0.4) is 0 Å². The van der Waals surface area contributed by atoms with E-state index in [0.29, 0.717) is 19.4 Å². The van der Waals surface area contributed by atoms with Gasteiger partial charge in [-0.25, -0.2) is 4.79 Å². The molecule has 0 unspecified atom stereocenters. The first-order chi connectivity index (χ1) is 7.97. The van der Waals surface area contributed by atoms with Crippen LogP contribution < -0.4 is 16.8 Å². The zero-order chi connectivity index (χ0) is 13.3.